The molecule has 1 aliphatic heterocycles. The van der Waals surface area contributed by atoms with Gasteiger partial charge in [-0.2, -0.15) is 0 Å². The normalized spacial score (nSPS) is 16.0. The second-order valence-corrected chi connectivity index (χ2v) is 5.99. The van der Waals surface area contributed by atoms with Crippen molar-refractivity contribution < 1.29 is 9.32 Å². The van der Waals surface area contributed by atoms with E-state index in [0.29, 0.717) is 0 Å². The van der Waals surface area contributed by atoms with Gasteiger partial charge in [-0.15, -0.1) is 0 Å². The average Bonchev–Trinajstić information content (AvgIpc) is 2.93. The fourth-order valence-electron chi connectivity index (χ4n) is 2.68. The van der Waals surface area contributed by atoms with Gasteiger partial charge in [0.15, 0.2) is 5.76 Å². The molecule has 1 N–H and O–H groups in total. The minimum Gasteiger partial charge on any atom is -0.360 e. The van der Waals surface area contributed by atoms with Gasteiger partial charge in [0.25, 0.3) is 0 Å². The summed E-state index contributed by atoms with van der Waals surface area (Å²) in [5.74, 6) is 0.895. The van der Waals surface area contributed by atoms with Gasteiger partial charge in [0.05, 0.1) is 12.2 Å². The van der Waals surface area contributed by atoms with E-state index in [9.17, 15) is 4.79 Å². The van der Waals surface area contributed by atoms with E-state index in [2.05, 4.69) is 22.3 Å². The molecule has 0 aliphatic carbocycles. The SMILES string of the molecule is CCCCCCNC(=O)N1CCN(Cc2cc(C)no2)CC1. The number of nitrogens with one attached hydrogen (secondary N) is 1. The second kappa shape index (κ2) is 8.78. The molecule has 0 bridgehead atoms. The Morgan fingerprint density at radius 3 is 2.68 bits per heavy atom. The van der Waals surface area contributed by atoms with Gasteiger partial charge in [-0.05, 0) is 13.3 Å². The largest absolute Gasteiger partial charge is 0.360 e. The topological polar surface area (TPSA) is 61.6 Å². The molecule has 0 aromatic carbocycles. The molecule has 6 heteroatoms. The van der Waals surface area contributed by atoms with Crippen LogP contribution in [-0.2, 0) is 6.54 Å². The van der Waals surface area contributed by atoms with Crippen molar-refractivity contribution in [3.05, 3.63) is 17.5 Å². The highest BCUT2D eigenvalue weighted by molar-refractivity contribution is 5.74. The minimum absolute atomic E-state index is 0.0756. The molecule has 1 aromatic rings. The molecule has 0 spiro atoms. The maximum Gasteiger partial charge on any atom is 0.317 e. The van der Waals surface area contributed by atoms with Crippen molar-refractivity contribution >= 4 is 6.03 Å². The van der Waals surface area contributed by atoms with Crippen molar-refractivity contribution in [2.75, 3.05) is 32.7 Å². The fraction of sp³-hybridized carbons (Fsp3) is 0.750. The summed E-state index contributed by atoms with van der Waals surface area (Å²) in [6.07, 6.45) is 4.74. The van der Waals surface area contributed by atoms with Crippen LogP contribution in [0.2, 0.25) is 0 Å². The van der Waals surface area contributed by atoms with Crippen LogP contribution in [0.5, 0.6) is 0 Å². The standard InChI is InChI=1S/C16H28N4O2/c1-3-4-5-6-7-17-16(21)20-10-8-19(9-11-20)13-15-12-14(2)18-22-15/h12H,3-11,13H2,1-2H3,(H,17,21). The molecule has 2 heterocycles. The summed E-state index contributed by atoms with van der Waals surface area (Å²) in [4.78, 5) is 16.3. The van der Waals surface area contributed by atoms with E-state index in [4.69, 9.17) is 4.52 Å². The summed E-state index contributed by atoms with van der Waals surface area (Å²) in [6, 6.07) is 2.04. The Morgan fingerprint density at radius 2 is 2.05 bits per heavy atom. The smallest absolute Gasteiger partial charge is 0.317 e. The van der Waals surface area contributed by atoms with Gasteiger partial charge in [-0.3, -0.25) is 4.90 Å². The number of aromatic nitrogens is 1. The predicted octanol–water partition coefficient (Wildman–Crippen LogP) is 2.39. The lowest BCUT2D eigenvalue weighted by atomic mass is 10.2. The maximum absolute atomic E-state index is 12.1. The maximum atomic E-state index is 12.1. The summed E-state index contributed by atoms with van der Waals surface area (Å²) < 4.78 is 5.24. The van der Waals surface area contributed by atoms with Gasteiger partial charge in [0.2, 0.25) is 0 Å². The first-order chi connectivity index (χ1) is 10.7. The molecule has 22 heavy (non-hydrogen) atoms. The number of carbonyl (C=O) groups excluding carboxylic acids is 1. The van der Waals surface area contributed by atoms with Gasteiger partial charge < -0.3 is 14.7 Å². The molecule has 1 aliphatic rings. The molecule has 0 saturated carbocycles. The average molecular weight is 308 g/mol. The van der Waals surface area contributed by atoms with Crippen molar-refractivity contribution in [1.82, 2.24) is 20.3 Å². The molecule has 124 valence electrons. The Balaban J connectivity index is 1.62. The molecule has 1 saturated heterocycles. The zero-order chi connectivity index (χ0) is 15.8. The zero-order valence-electron chi connectivity index (χ0n) is 13.8. The van der Waals surface area contributed by atoms with Gasteiger partial charge >= 0.3 is 6.03 Å². The molecule has 6 nitrogen and oxygen atoms in total. The number of urea groups is 1. The molecule has 2 rings (SSSR count). The van der Waals surface area contributed by atoms with Crippen LogP contribution in [0.1, 0.15) is 44.1 Å². The summed E-state index contributed by atoms with van der Waals surface area (Å²) in [5.41, 5.74) is 0.913. The van der Waals surface area contributed by atoms with Crippen molar-refractivity contribution in [2.45, 2.75) is 46.1 Å². The third-order valence-electron chi connectivity index (χ3n) is 4.02. The Morgan fingerprint density at radius 1 is 1.27 bits per heavy atom. The number of unbranched alkanes of at least 4 members (excludes halogenated alkanes) is 3. The monoisotopic (exact) mass is 308 g/mol. The van der Waals surface area contributed by atoms with E-state index in [1.807, 2.05) is 17.9 Å². The molecule has 0 atom stereocenters. The van der Waals surface area contributed by atoms with E-state index in [1.54, 1.807) is 0 Å². The highest BCUT2D eigenvalue weighted by Gasteiger charge is 2.21. The van der Waals surface area contributed by atoms with Crippen LogP contribution >= 0.6 is 0 Å². The van der Waals surface area contributed by atoms with Gasteiger partial charge in [-0.25, -0.2) is 4.79 Å². The number of carbonyl (C=O) groups is 1. The lowest BCUT2D eigenvalue weighted by Crippen LogP contribution is -2.51. The molecule has 2 amide bonds. The van der Waals surface area contributed by atoms with Crippen molar-refractivity contribution in [3.63, 3.8) is 0 Å². The Labute approximate surface area is 132 Å². The highest BCUT2D eigenvalue weighted by Crippen LogP contribution is 2.09. The molecular formula is C16H28N4O2. The van der Waals surface area contributed by atoms with E-state index < -0.39 is 0 Å². The first-order valence-electron chi connectivity index (χ1n) is 8.36. The number of hydrogen-bond acceptors (Lipinski definition) is 4. The van der Waals surface area contributed by atoms with Gasteiger partial charge in [0, 0.05) is 38.8 Å². The summed E-state index contributed by atoms with van der Waals surface area (Å²) in [6.45, 7) is 8.98. The number of amides is 2. The Kier molecular flexibility index (Phi) is 6.71. The molecule has 0 radical (unpaired) electrons. The van der Waals surface area contributed by atoms with Crippen LogP contribution in [0.15, 0.2) is 10.6 Å². The van der Waals surface area contributed by atoms with Crippen molar-refractivity contribution in [2.24, 2.45) is 0 Å². The van der Waals surface area contributed by atoms with E-state index in [1.165, 1.54) is 19.3 Å². The zero-order valence-corrected chi connectivity index (χ0v) is 13.8. The third-order valence-corrected chi connectivity index (χ3v) is 4.02. The molecular weight excluding hydrogens is 280 g/mol. The number of hydrogen-bond donors (Lipinski definition) is 1. The number of rotatable bonds is 7. The highest BCUT2D eigenvalue weighted by atomic mass is 16.5. The molecule has 1 aromatic heterocycles. The number of aryl methyl sites for hydroxylation is 1. The van der Waals surface area contributed by atoms with Crippen LogP contribution in [0, 0.1) is 6.92 Å². The second-order valence-electron chi connectivity index (χ2n) is 5.99. The lowest BCUT2D eigenvalue weighted by Gasteiger charge is -2.34. The summed E-state index contributed by atoms with van der Waals surface area (Å²) >= 11 is 0. The Hall–Kier alpha value is -1.56. The van der Waals surface area contributed by atoms with Crippen molar-refractivity contribution in [3.8, 4) is 0 Å². The van der Waals surface area contributed by atoms with Gasteiger partial charge in [-0.1, -0.05) is 31.3 Å². The van der Waals surface area contributed by atoms with Crippen LogP contribution in [0.25, 0.3) is 0 Å². The third kappa shape index (κ3) is 5.33. The number of piperazine rings is 1. The van der Waals surface area contributed by atoms with E-state index >= 15 is 0 Å². The van der Waals surface area contributed by atoms with Crippen LogP contribution < -0.4 is 5.32 Å². The quantitative estimate of drug-likeness (QED) is 0.786. The van der Waals surface area contributed by atoms with Crippen molar-refractivity contribution in [1.29, 1.82) is 0 Å². The minimum atomic E-state index is 0.0756. The molecule has 1 fully saturated rings. The van der Waals surface area contributed by atoms with Crippen LogP contribution in [-0.4, -0.2) is 53.7 Å². The first kappa shape index (κ1) is 16.8. The summed E-state index contributed by atoms with van der Waals surface area (Å²) in [5, 5.41) is 6.92. The molecule has 0 unspecified atom stereocenters. The Bertz CT molecular complexity index is 453. The summed E-state index contributed by atoms with van der Waals surface area (Å²) in [7, 11) is 0. The first-order valence-corrected chi connectivity index (χ1v) is 8.36. The number of nitrogens with zero attached hydrogens (tertiary/aromatic N) is 3. The lowest BCUT2D eigenvalue weighted by molar-refractivity contribution is 0.128. The predicted molar refractivity (Wildman–Crippen MR) is 85.6 cm³/mol. The van der Waals surface area contributed by atoms with E-state index in [-0.39, 0.29) is 6.03 Å². The van der Waals surface area contributed by atoms with Gasteiger partial charge in [0.1, 0.15) is 0 Å². The van der Waals surface area contributed by atoms with Crippen LogP contribution in [0.3, 0.4) is 0 Å². The fourth-order valence-corrected chi connectivity index (χ4v) is 2.68. The van der Waals surface area contributed by atoms with Crippen LogP contribution in [0.4, 0.5) is 4.79 Å². The van der Waals surface area contributed by atoms with E-state index in [0.717, 1.165) is 57.1 Å².